The zero-order valence-electron chi connectivity index (χ0n) is 16.5. The highest BCUT2D eigenvalue weighted by Crippen LogP contribution is 2.28. The summed E-state index contributed by atoms with van der Waals surface area (Å²) < 4.78 is 11.1. The van der Waals surface area contributed by atoms with E-state index in [9.17, 15) is 10.2 Å². The normalized spacial score (nSPS) is 25.8. The van der Waals surface area contributed by atoms with E-state index < -0.39 is 0 Å². The molecule has 4 atom stereocenters. The molecule has 0 unspecified atom stereocenters. The standard InChI is InChI=1S/2C12H16O2/c2*13-12-7-6-11(12)9-14-8-10-4-2-1-3-5-10/h2*1-5,11-13H,6-9H2/t2*11-,12-/m10/s1. The van der Waals surface area contributed by atoms with Gasteiger partial charge in [0.25, 0.3) is 0 Å². The minimum absolute atomic E-state index is 0.120. The summed E-state index contributed by atoms with van der Waals surface area (Å²) in [5, 5.41) is 18.6. The van der Waals surface area contributed by atoms with Gasteiger partial charge in [0.2, 0.25) is 0 Å². The van der Waals surface area contributed by atoms with E-state index in [-0.39, 0.29) is 12.2 Å². The molecule has 28 heavy (non-hydrogen) atoms. The molecule has 0 heterocycles. The van der Waals surface area contributed by atoms with Gasteiger partial charge in [-0.15, -0.1) is 0 Å². The molecular formula is C24H32O4. The Hall–Kier alpha value is -1.72. The van der Waals surface area contributed by atoms with Crippen molar-refractivity contribution in [1.82, 2.24) is 0 Å². The van der Waals surface area contributed by atoms with Crippen LogP contribution in [0.25, 0.3) is 0 Å². The lowest BCUT2D eigenvalue weighted by Gasteiger charge is -2.31. The first-order valence-electron chi connectivity index (χ1n) is 10.3. The molecule has 152 valence electrons. The number of aliphatic hydroxyl groups excluding tert-OH is 2. The Morgan fingerprint density at radius 2 is 1.00 bits per heavy atom. The van der Waals surface area contributed by atoms with Crippen LogP contribution in [0, 0.1) is 11.8 Å². The predicted molar refractivity (Wildman–Crippen MR) is 110 cm³/mol. The Morgan fingerprint density at radius 1 is 0.607 bits per heavy atom. The Morgan fingerprint density at radius 3 is 1.29 bits per heavy atom. The highest BCUT2D eigenvalue weighted by molar-refractivity contribution is 5.14. The zero-order valence-corrected chi connectivity index (χ0v) is 16.5. The SMILES string of the molecule is O[C@@H]1CC[C@@H]1COCc1ccccc1.O[C@H]1CC[C@H]1COCc1ccccc1. The highest BCUT2D eigenvalue weighted by Gasteiger charge is 2.29. The van der Waals surface area contributed by atoms with Gasteiger partial charge in [-0.3, -0.25) is 0 Å². The first-order chi connectivity index (χ1) is 13.7. The molecule has 2 fully saturated rings. The van der Waals surface area contributed by atoms with Gasteiger partial charge in [-0.05, 0) is 36.8 Å². The van der Waals surface area contributed by atoms with Crippen molar-refractivity contribution in [3.8, 4) is 0 Å². The third-order valence-electron chi connectivity index (χ3n) is 5.64. The first-order valence-corrected chi connectivity index (χ1v) is 10.3. The van der Waals surface area contributed by atoms with Gasteiger partial charge in [0.15, 0.2) is 0 Å². The van der Waals surface area contributed by atoms with E-state index in [1.807, 2.05) is 36.4 Å². The lowest BCUT2D eigenvalue weighted by molar-refractivity contribution is -0.0356. The Balaban J connectivity index is 0.000000161. The van der Waals surface area contributed by atoms with Crippen molar-refractivity contribution in [2.45, 2.75) is 51.1 Å². The van der Waals surface area contributed by atoms with Gasteiger partial charge in [0.1, 0.15) is 0 Å². The molecule has 4 rings (SSSR count). The minimum atomic E-state index is -0.120. The van der Waals surface area contributed by atoms with E-state index in [0.717, 1.165) is 25.7 Å². The van der Waals surface area contributed by atoms with Crippen LogP contribution in [0.1, 0.15) is 36.8 Å². The quantitative estimate of drug-likeness (QED) is 0.724. The molecule has 0 aliphatic heterocycles. The molecule has 2 aliphatic rings. The van der Waals surface area contributed by atoms with Crippen LogP contribution in [-0.2, 0) is 22.7 Å². The lowest BCUT2D eigenvalue weighted by Crippen LogP contribution is -2.34. The number of aliphatic hydroxyl groups is 2. The van der Waals surface area contributed by atoms with Gasteiger partial charge in [0, 0.05) is 11.8 Å². The summed E-state index contributed by atoms with van der Waals surface area (Å²) in [6.07, 6.45) is 3.86. The second-order valence-corrected chi connectivity index (χ2v) is 7.81. The topological polar surface area (TPSA) is 58.9 Å². The van der Waals surface area contributed by atoms with E-state index in [1.165, 1.54) is 11.1 Å². The van der Waals surface area contributed by atoms with Crippen molar-refractivity contribution in [2.75, 3.05) is 13.2 Å². The maximum Gasteiger partial charge on any atom is 0.0717 e. The molecule has 2 saturated carbocycles. The van der Waals surface area contributed by atoms with Crippen molar-refractivity contribution >= 4 is 0 Å². The van der Waals surface area contributed by atoms with E-state index in [4.69, 9.17) is 9.47 Å². The molecule has 2 aromatic rings. The molecule has 2 aliphatic carbocycles. The number of hydrogen-bond donors (Lipinski definition) is 2. The minimum Gasteiger partial charge on any atom is -0.393 e. The summed E-state index contributed by atoms with van der Waals surface area (Å²) in [5.74, 6) is 0.748. The molecule has 0 aromatic heterocycles. The van der Waals surface area contributed by atoms with E-state index >= 15 is 0 Å². The van der Waals surface area contributed by atoms with Crippen molar-refractivity contribution in [1.29, 1.82) is 0 Å². The first kappa shape index (κ1) is 21.0. The fourth-order valence-corrected chi connectivity index (χ4v) is 3.30. The molecule has 4 nitrogen and oxygen atoms in total. The summed E-state index contributed by atoms with van der Waals surface area (Å²) in [5.41, 5.74) is 2.39. The molecule has 0 radical (unpaired) electrons. The van der Waals surface area contributed by atoms with E-state index in [2.05, 4.69) is 24.3 Å². The number of hydrogen-bond acceptors (Lipinski definition) is 4. The summed E-state index contributed by atoms with van der Waals surface area (Å²) in [6.45, 7) is 2.69. The van der Waals surface area contributed by atoms with Crippen LogP contribution in [0.2, 0.25) is 0 Å². The largest absolute Gasteiger partial charge is 0.393 e. The second kappa shape index (κ2) is 11.3. The lowest BCUT2D eigenvalue weighted by atomic mass is 9.83. The van der Waals surface area contributed by atoms with Crippen molar-refractivity contribution in [2.24, 2.45) is 11.8 Å². The maximum atomic E-state index is 9.32. The summed E-state index contributed by atoms with van der Waals surface area (Å²) in [4.78, 5) is 0. The zero-order chi connectivity index (χ0) is 19.6. The van der Waals surface area contributed by atoms with Gasteiger partial charge in [-0.1, -0.05) is 60.7 Å². The average molecular weight is 385 g/mol. The Bertz CT molecular complexity index is 601. The van der Waals surface area contributed by atoms with Gasteiger partial charge >= 0.3 is 0 Å². The fourth-order valence-electron chi connectivity index (χ4n) is 3.30. The van der Waals surface area contributed by atoms with Crippen LogP contribution in [0.15, 0.2) is 60.7 Å². The van der Waals surface area contributed by atoms with Crippen molar-refractivity contribution in [3.05, 3.63) is 71.8 Å². The average Bonchev–Trinajstić information content (AvgIpc) is 2.74. The predicted octanol–water partition coefficient (Wildman–Crippen LogP) is 3.95. The number of ether oxygens (including phenoxy) is 2. The third-order valence-corrected chi connectivity index (χ3v) is 5.64. The number of rotatable bonds is 8. The molecule has 2 aromatic carbocycles. The molecule has 0 saturated heterocycles. The summed E-state index contributed by atoms with van der Waals surface area (Å²) >= 11 is 0. The Labute approximate surface area is 168 Å². The van der Waals surface area contributed by atoms with Crippen LogP contribution in [-0.4, -0.2) is 35.6 Å². The molecule has 0 bridgehead atoms. The monoisotopic (exact) mass is 384 g/mol. The fraction of sp³-hybridized carbons (Fsp3) is 0.500. The van der Waals surface area contributed by atoms with Gasteiger partial charge < -0.3 is 19.7 Å². The summed E-state index contributed by atoms with van der Waals surface area (Å²) in [6, 6.07) is 20.3. The molecular weight excluding hydrogens is 352 g/mol. The van der Waals surface area contributed by atoms with Gasteiger partial charge in [-0.25, -0.2) is 0 Å². The van der Waals surface area contributed by atoms with Crippen LogP contribution >= 0.6 is 0 Å². The molecule has 4 heteroatoms. The Kier molecular flexibility index (Phi) is 8.49. The van der Waals surface area contributed by atoms with Gasteiger partial charge in [-0.2, -0.15) is 0 Å². The van der Waals surface area contributed by atoms with E-state index in [0.29, 0.717) is 38.3 Å². The van der Waals surface area contributed by atoms with Crippen LogP contribution in [0.4, 0.5) is 0 Å². The highest BCUT2D eigenvalue weighted by atomic mass is 16.5. The van der Waals surface area contributed by atoms with Crippen LogP contribution in [0.5, 0.6) is 0 Å². The maximum absolute atomic E-state index is 9.32. The second-order valence-electron chi connectivity index (χ2n) is 7.81. The third kappa shape index (κ3) is 6.71. The summed E-state index contributed by atoms with van der Waals surface area (Å²) in [7, 11) is 0. The van der Waals surface area contributed by atoms with Gasteiger partial charge in [0.05, 0.1) is 38.6 Å². The van der Waals surface area contributed by atoms with Crippen LogP contribution < -0.4 is 0 Å². The van der Waals surface area contributed by atoms with E-state index in [1.54, 1.807) is 0 Å². The smallest absolute Gasteiger partial charge is 0.0717 e. The van der Waals surface area contributed by atoms with Crippen LogP contribution in [0.3, 0.4) is 0 Å². The van der Waals surface area contributed by atoms with Crippen molar-refractivity contribution < 1.29 is 19.7 Å². The molecule has 2 N–H and O–H groups in total. The van der Waals surface area contributed by atoms with Crippen molar-refractivity contribution in [3.63, 3.8) is 0 Å². The molecule has 0 spiro atoms. The molecule has 0 amide bonds. The number of benzene rings is 2.